The van der Waals surface area contributed by atoms with Crippen LogP contribution in [0.3, 0.4) is 0 Å². The van der Waals surface area contributed by atoms with Gasteiger partial charge in [-0.05, 0) is 38.5 Å². The molecule has 0 bridgehead atoms. The van der Waals surface area contributed by atoms with Crippen molar-refractivity contribution in [1.82, 2.24) is 20.1 Å². The van der Waals surface area contributed by atoms with Gasteiger partial charge in [0, 0.05) is 45.3 Å². The van der Waals surface area contributed by atoms with Crippen LogP contribution in [0.1, 0.15) is 25.0 Å². The quantitative estimate of drug-likeness (QED) is 0.676. The predicted molar refractivity (Wildman–Crippen MR) is 143 cm³/mol. The van der Waals surface area contributed by atoms with E-state index in [0.29, 0.717) is 45.7 Å². The summed E-state index contributed by atoms with van der Waals surface area (Å²) in [5.74, 6) is -0.411. The van der Waals surface area contributed by atoms with Crippen LogP contribution in [-0.2, 0) is 20.8 Å². The maximum absolute atomic E-state index is 13.8. The second-order valence-corrected chi connectivity index (χ2v) is 10.8. The molecular weight excluding hydrogens is 466 g/mol. The van der Waals surface area contributed by atoms with Crippen molar-refractivity contribution in [3.05, 3.63) is 65.7 Å². The number of nitrogens with one attached hydrogen (secondary N) is 1. The highest BCUT2D eigenvalue weighted by Gasteiger charge is 2.52. The zero-order valence-corrected chi connectivity index (χ0v) is 22.0. The van der Waals surface area contributed by atoms with Crippen molar-refractivity contribution >= 4 is 23.4 Å². The summed E-state index contributed by atoms with van der Waals surface area (Å²) in [5, 5.41) is 1.63. The number of likely N-dealkylation sites (tertiary alicyclic amines) is 1. The van der Waals surface area contributed by atoms with E-state index in [1.165, 1.54) is 0 Å². The Morgan fingerprint density at radius 1 is 0.946 bits per heavy atom. The molecule has 0 aliphatic carbocycles. The first-order chi connectivity index (χ1) is 17.8. The van der Waals surface area contributed by atoms with Gasteiger partial charge < -0.3 is 9.80 Å². The fourth-order valence-electron chi connectivity index (χ4n) is 5.83. The molecule has 3 unspecified atom stereocenters. The molecular formula is C29H37N5O3. The first-order valence-corrected chi connectivity index (χ1v) is 13.3. The largest absolute Gasteiger partial charge is 0.339 e. The molecule has 196 valence electrons. The molecule has 3 aliphatic heterocycles. The highest BCUT2D eigenvalue weighted by Crippen LogP contribution is 2.33. The standard InChI is InChI=1S/C29H37N5O3/c1-20(2)33-18-24(27-25(19-33)29(37)34(30-27)23-10-5-4-6-11-23)28(36)32-14-12-31(13-15-32)26(35)17-22-9-7-8-21(3)16-22/h4-11,16,20,24-25,27,30H,12-15,17-19H2,1-3H3. The number of carbonyl (C=O) groups is 3. The summed E-state index contributed by atoms with van der Waals surface area (Å²) in [5.41, 5.74) is 6.35. The summed E-state index contributed by atoms with van der Waals surface area (Å²) < 4.78 is 0. The molecule has 37 heavy (non-hydrogen) atoms. The first kappa shape index (κ1) is 25.4. The topological polar surface area (TPSA) is 76.2 Å². The summed E-state index contributed by atoms with van der Waals surface area (Å²) in [7, 11) is 0. The highest BCUT2D eigenvalue weighted by atomic mass is 16.2. The molecule has 8 nitrogen and oxygen atoms in total. The second kappa shape index (κ2) is 10.6. The normalized spacial score (nSPS) is 24.5. The SMILES string of the molecule is Cc1cccc(CC(=O)N2CCN(C(=O)C3CN(C(C)C)CC4C(=O)N(c5ccccc5)NC34)CC2)c1. The number of carbonyl (C=O) groups excluding carboxylic acids is 3. The lowest BCUT2D eigenvalue weighted by molar-refractivity contribution is -0.145. The van der Waals surface area contributed by atoms with E-state index in [4.69, 9.17) is 0 Å². The molecule has 3 saturated heterocycles. The number of para-hydroxylation sites is 1. The van der Waals surface area contributed by atoms with E-state index in [0.717, 1.165) is 16.8 Å². The number of piperazine rings is 1. The Kier molecular flexibility index (Phi) is 7.31. The molecule has 3 fully saturated rings. The van der Waals surface area contributed by atoms with Gasteiger partial charge in [-0.1, -0.05) is 48.0 Å². The minimum Gasteiger partial charge on any atom is -0.339 e. The zero-order valence-electron chi connectivity index (χ0n) is 22.0. The number of aryl methyl sites for hydroxylation is 1. The van der Waals surface area contributed by atoms with E-state index in [9.17, 15) is 14.4 Å². The Hall–Kier alpha value is -3.23. The minimum atomic E-state index is -0.326. The summed E-state index contributed by atoms with van der Waals surface area (Å²) in [6.07, 6.45) is 0.382. The number of hydrazine groups is 1. The molecule has 3 amide bonds. The smallest absolute Gasteiger partial charge is 0.247 e. The summed E-state index contributed by atoms with van der Waals surface area (Å²) in [4.78, 5) is 46.2. The van der Waals surface area contributed by atoms with Gasteiger partial charge in [-0.15, -0.1) is 0 Å². The van der Waals surface area contributed by atoms with E-state index < -0.39 is 0 Å². The van der Waals surface area contributed by atoms with Gasteiger partial charge in [0.15, 0.2) is 0 Å². The highest BCUT2D eigenvalue weighted by molar-refractivity contribution is 5.98. The average Bonchev–Trinajstić information content (AvgIpc) is 3.24. The van der Waals surface area contributed by atoms with Crippen LogP contribution >= 0.6 is 0 Å². The third-order valence-corrected chi connectivity index (χ3v) is 7.99. The van der Waals surface area contributed by atoms with Crippen LogP contribution < -0.4 is 10.4 Å². The molecule has 0 radical (unpaired) electrons. The number of hydrogen-bond donors (Lipinski definition) is 1. The summed E-state index contributed by atoms with van der Waals surface area (Å²) in [6.45, 7) is 9.62. The minimum absolute atomic E-state index is 0.0194. The van der Waals surface area contributed by atoms with E-state index in [2.05, 4.69) is 24.2 Å². The van der Waals surface area contributed by atoms with Crippen LogP contribution in [0.4, 0.5) is 5.69 Å². The van der Waals surface area contributed by atoms with Gasteiger partial charge in [-0.25, -0.2) is 10.4 Å². The monoisotopic (exact) mass is 503 g/mol. The third kappa shape index (κ3) is 5.26. The Balaban J connectivity index is 1.26. The van der Waals surface area contributed by atoms with Crippen LogP contribution in [-0.4, -0.2) is 83.8 Å². The number of nitrogens with zero attached hydrogens (tertiary/aromatic N) is 4. The molecule has 8 heteroatoms. The van der Waals surface area contributed by atoms with Crippen molar-refractivity contribution in [3.8, 4) is 0 Å². The van der Waals surface area contributed by atoms with Gasteiger partial charge in [0.1, 0.15) is 0 Å². The zero-order chi connectivity index (χ0) is 26.1. The van der Waals surface area contributed by atoms with Crippen molar-refractivity contribution in [2.45, 2.75) is 39.3 Å². The fraction of sp³-hybridized carbons (Fsp3) is 0.483. The number of rotatable bonds is 5. The van der Waals surface area contributed by atoms with Crippen LogP contribution in [0, 0.1) is 18.8 Å². The first-order valence-electron chi connectivity index (χ1n) is 13.3. The van der Waals surface area contributed by atoms with Gasteiger partial charge in [-0.3, -0.25) is 19.3 Å². The van der Waals surface area contributed by atoms with Crippen LogP contribution in [0.15, 0.2) is 54.6 Å². The van der Waals surface area contributed by atoms with Crippen molar-refractivity contribution < 1.29 is 14.4 Å². The van der Waals surface area contributed by atoms with E-state index in [1.807, 2.05) is 71.3 Å². The Labute approximate surface area is 219 Å². The Morgan fingerprint density at radius 3 is 2.32 bits per heavy atom. The van der Waals surface area contributed by atoms with Gasteiger partial charge in [0.05, 0.1) is 30.0 Å². The van der Waals surface area contributed by atoms with Crippen LogP contribution in [0.5, 0.6) is 0 Å². The molecule has 2 aromatic rings. The summed E-state index contributed by atoms with van der Waals surface area (Å²) >= 11 is 0. The number of fused-ring (bicyclic) bond motifs is 1. The van der Waals surface area contributed by atoms with Gasteiger partial charge in [-0.2, -0.15) is 0 Å². The van der Waals surface area contributed by atoms with Gasteiger partial charge in [0.2, 0.25) is 17.7 Å². The van der Waals surface area contributed by atoms with Gasteiger partial charge >= 0.3 is 0 Å². The Morgan fingerprint density at radius 2 is 1.65 bits per heavy atom. The fourth-order valence-corrected chi connectivity index (χ4v) is 5.83. The number of hydrogen-bond acceptors (Lipinski definition) is 5. The third-order valence-electron chi connectivity index (χ3n) is 7.99. The summed E-state index contributed by atoms with van der Waals surface area (Å²) in [6, 6.07) is 17.6. The maximum atomic E-state index is 13.8. The predicted octanol–water partition coefficient (Wildman–Crippen LogP) is 2.08. The molecule has 2 aromatic carbocycles. The lowest BCUT2D eigenvalue weighted by Crippen LogP contribution is -2.61. The van der Waals surface area contributed by atoms with E-state index >= 15 is 0 Å². The molecule has 5 rings (SSSR count). The number of anilines is 1. The van der Waals surface area contributed by atoms with Crippen molar-refractivity contribution in [2.75, 3.05) is 44.3 Å². The molecule has 0 spiro atoms. The van der Waals surface area contributed by atoms with Crippen LogP contribution in [0.25, 0.3) is 0 Å². The molecule has 3 aliphatic rings. The van der Waals surface area contributed by atoms with Crippen molar-refractivity contribution in [1.29, 1.82) is 0 Å². The molecule has 0 aromatic heterocycles. The average molecular weight is 504 g/mol. The van der Waals surface area contributed by atoms with E-state index in [-0.39, 0.29) is 41.6 Å². The van der Waals surface area contributed by atoms with Crippen molar-refractivity contribution in [2.24, 2.45) is 11.8 Å². The second-order valence-electron chi connectivity index (χ2n) is 10.8. The van der Waals surface area contributed by atoms with Crippen LogP contribution in [0.2, 0.25) is 0 Å². The van der Waals surface area contributed by atoms with E-state index in [1.54, 1.807) is 5.01 Å². The molecule has 1 N–H and O–H groups in total. The molecule has 0 saturated carbocycles. The number of amides is 3. The number of benzene rings is 2. The van der Waals surface area contributed by atoms with Crippen molar-refractivity contribution in [3.63, 3.8) is 0 Å². The molecule has 3 heterocycles. The maximum Gasteiger partial charge on any atom is 0.247 e. The molecule has 3 atom stereocenters. The lowest BCUT2D eigenvalue weighted by atomic mass is 9.83. The van der Waals surface area contributed by atoms with Gasteiger partial charge in [0.25, 0.3) is 0 Å². The Bertz CT molecular complexity index is 1150. The lowest BCUT2D eigenvalue weighted by Gasteiger charge is -2.43. The number of piperidine rings is 1.